The van der Waals surface area contributed by atoms with Crippen molar-refractivity contribution < 1.29 is 19.1 Å². The van der Waals surface area contributed by atoms with Gasteiger partial charge in [-0.15, -0.1) is 47.0 Å². The maximum atomic E-state index is 11.3. The molecule has 0 aromatic rings. The van der Waals surface area contributed by atoms with E-state index in [0.29, 0.717) is 27.6 Å². The maximum Gasteiger partial charge on any atom is 0.330 e. The molecule has 31 heavy (non-hydrogen) atoms. The minimum atomic E-state index is -0.372. The summed E-state index contributed by atoms with van der Waals surface area (Å²) in [5.74, 6) is 2.51. The number of hydrogen-bond donors (Lipinski definition) is 0. The molecule has 3 atom stereocenters. The van der Waals surface area contributed by atoms with Crippen LogP contribution >= 0.6 is 70.6 Å². The van der Waals surface area contributed by atoms with E-state index in [1.807, 2.05) is 70.6 Å². The molecule has 2 aliphatic rings. The second-order valence-corrected chi connectivity index (χ2v) is 15.2. The highest BCUT2D eigenvalue weighted by Crippen LogP contribution is 2.48. The first-order valence-corrected chi connectivity index (χ1v) is 15.4. The number of carbonyl (C=O) groups is 2. The molecule has 0 amide bonds. The fourth-order valence-electron chi connectivity index (χ4n) is 2.48. The Bertz CT molecular complexity index is 748. The van der Waals surface area contributed by atoms with Crippen LogP contribution in [-0.4, -0.2) is 56.8 Å². The first kappa shape index (κ1) is 27.2. The molecule has 0 fully saturated rings. The molecule has 0 aromatic heterocycles. The molecule has 3 unspecified atom stereocenters. The summed E-state index contributed by atoms with van der Waals surface area (Å²) in [6.07, 6.45) is 2.40. The third-order valence-electron chi connectivity index (χ3n) is 4.10. The molecule has 0 aliphatic carbocycles. The summed E-state index contributed by atoms with van der Waals surface area (Å²) in [7, 11) is 0. The van der Waals surface area contributed by atoms with Crippen LogP contribution in [0.15, 0.2) is 44.9 Å². The number of ether oxygens (including phenoxy) is 2. The standard InChI is InChI=1S/C21H28O4S6/c1-6-18(22)24-8-16-14(4)28-20(30-16)11-26-10-13(3)27-12-21-29-15(5)17(31-21)9-25-19(23)7-2/h6-7,13,20-21H,1-2,8-12H2,3-5H3. The minimum absolute atomic E-state index is 0.347. The van der Waals surface area contributed by atoms with Crippen LogP contribution in [0.25, 0.3) is 0 Å². The Morgan fingerprint density at radius 1 is 0.935 bits per heavy atom. The molecular weight excluding hydrogens is 509 g/mol. The Labute approximate surface area is 211 Å². The molecule has 2 aliphatic heterocycles. The van der Waals surface area contributed by atoms with Gasteiger partial charge in [-0.1, -0.05) is 20.1 Å². The predicted octanol–water partition coefficient (Wildman–Crippen LogP) is 6.37. The summed E-state index contributed by atoms with van der Waals surface area (Å²) in [5, 5.41) is 0.577. The third-order valence-corrected chi connectivity index (χ3v) is 13.5. The van der Waals surface area contributed by atoms with E-state index in [1.54, 1.807) is 0 Å². The number of esters is 2. The van der Waals surface area contributed by atoms with Crippen LogP contribution in [-0.2, 0) is 19.1 Å². The Kier molecular flexibility index (Phi) is 12.6. The zero-order chi connectivity index (χ0) is 22.8. The molecule has 10 heteroatoms. The molecule has 0 saturated carbocycles. The highest BCUT2D eigenvalue weighted by molar-refractivity contribution is 8.25. The summed E-state index contributed by atoms with van der Waals surface area (Å²) in [5.41, 5.74) is 0. The van der Waals surface area contributed by atoms with E-state index in [-0.39, 0.29) is 11.9 Å². The van der Waals surface area contributed by atoms with Gasteiger partial charge in [-0.25, -0.2) is 9.59 Å². The van der Waals surface area contributed by atoms with E-state index >= 15 is 0 Å². The SMILES string of the molecule is C=CC(=O)OCC1=C(C)SC(CSCC(C)SCC2SC(C)=C(COC(=O)C=C)S2)S1. The second-order valence-electron chi connectivity index (χ2n) is 6.59. The first-order valence-electron chi connectivity index (χ1n) is 9.66. The van der Waals surface area contributed by atoms with Gasteiger partial charge in [-0.05, 0) is 23.7 Å². The molecule has 4 nitrogen and oxygen atoms in total. The summed E-state index contributed by atoms with van der Waals surface area (Å²) in [6, 6.07) is 0. The van der Waals surface area contributed by atoms with Crippen molar-refractivity contribution in [1.29, 1.82) is 0 Å². The van der Waals surface area contributed by atoms with Crippen molar-refractivity contribution in [2.75, 3.05) is 30.5 Å². The highest BCUT2D eigenvalue weighted by atomic mass is 32.2. The fourth-order valence-corrected chi connectivity index (χ4v) is 11.3. The molecule has 172 valence electrons. The maximum absolute atomic E-state index is 11.3. The molecule has 0 saturated heterocycles. The van der Waals surface area contributed by atoms with Crippen LogP contribution < -0.4 is 0 Å². The van der Waals surface area contributed by atoms with E-state index in [2.05, 4.69) is 33.9 Å². The van der Waals surface area contributed by atoms with Gasteiger partial charge in [0.2, 0.25) is 0 Å². The van der Waals surface area contributed by atoms with E-state index < -0.39 is 0 Å². The molecule has 0 aromatic carbocycles. The van der Waals surface area contributed by atoms with Crippen molar-refractivity contribution >= 4 is 82.5 Å². The van der Waals surface area contributed by atoms with Crippen molar-refractivity contribution in [1.82, 2.24) is 0 Å². The van der Waals surface area contributed by atoms with E-state index in [1.165, 1.54) is 22.0 Å². The van der Waals surface area contributed by atoms with E-state index in [0.717, 1.165) is 27.1 Å². The van der Waals surface area contributed by atoms with Gasteiger partial charge in [-0.3, -0.25) is 0 Å². The van der Waals surface area contributed by atoms with Crippen molar-refractivity contribution in [3.05, 3.63) is 44.9 Å². The van der Waals surface area contributed by atoms with Crippen molar-refractivity contribution in [2.45, 2.75) is 35.2 Å². The normalized spacial score (nSPS) is 21.9. The van der Waals surface area contributed by atoms with Crippen LogP contribution in [0.1, 0.15) is 20.8 Å². The number of rotatable bonds is 13. The summed E-state index contributed by atoms with van der Waals surface area (Å²) in [4.78, 5) is 27.3. The smallest absolute Gasteiger partial charge is 0.330 e. The number of allylic oxidation sites excluding steroid dienone is 2. The van der Waals surface area contributed by atoms with Crippen molar-refractivity contribution in [2.24, 2.45) is 0 Å². The van der Waals surface area contributed by atoms with Gasteiger partial charge in [0.25, 0.3) is 0 Å². The molecule has 0 bridgehead atoms. The fraction of sp³-hybridized carbons (Fsp3) is 0.524. The summed E-state index contributed by atoms with van der Waals surface area (Å²) < 4.78 is 11.3. The van der Waals surface area contributed by atoms with Crippen molar-refractivity contribution in [3.8, 4) is 0 Å². The average molecular weight is 537 g/mol. The van der Waals surface area contributed by atoms with Gasteiger partial charge in [0.15, 0.2) is 0 Å². The highest BCUT2D eigenvalue weighted by Gasteiger charge is 2.26. The molecule has 2 heterocycles. The van der Waals surface area contributed by atoms with E-state index in [9.17, 15) is 9.59 Å². The van der Waals surface area contributed by atoms with Gasteiger partial charge in [0.1, 0.15) is 13.2 Å². The third kappa shape index (κ3) is 9.80. The monoisotopic (exact) mass is 536 g/mol. The molecular formula is C21H28O4S6. The minimum Gasteiger partial charge on any atom is -0.457 e. The predicted molar refractivity (Wildman–Crippen MR) is 145 cm³/mol. The zero-order valence-electron chi connectivity index (χ0n) is 17.9. The molecule has 2 rings (SSSR count). The summed E-state index contributed by atoms with van der Waals surface area (Å²) >= 11 is 11.4. The van der Waals surface area contributed by atoms with Crippen molar-refractivity contribution in [3.63, 3.8) is 0 Å². The number of thioether (sulfide) groups is 6. The van der Waals surface area contributed by atoms with Crippen LogP contribution in [0.5, 0.6) is 0 Å². The Balaban J connectivity index is 1.58. The number of carbonyl (C=O) groups excluding carboxylic acids is 2. The lowest BCUT2D eigenvalue weighted by Crippen LogP contribution is -2.09. The lowest BCUT2D eigenvalue weighted by atomic mass is 10.5. The zero-order valence-corrected chi connectivity index (χ0v) is 22.8. The van der Waals surface area contributed by atoms with Crippen LogP contribution in [0.2, 0.25) is 0 Å². The van der Waals surface area contributed by atoms with Gasteiger partial charge in [-0.2, -0.15) is 23.5 Å². The van der Waals surface area contributed by atoms with Gasteiger partial charge in [0, 0.05) is 44.5 Å². The molecule has 0 N–H and O–H groups in total. The van der Waals surface area contributed by atoms with Crippen LogP contribution in [0, 0.1) is 0 Å². The van der Waals surface area contributed by atoms with E-state index in [4.69, 9.17) is 9.47 Å². The topological polar surface area (TPSA) is 52.6 Å². The van der Waals surface area contributed by atoms with Gasteiger partial charge < -0.3 is 9.47 Å². The lowest BCUT2D eigenvalue weighted by Gasteiger charge is -2.15. The Morgan fingerprint density at radius 2 is 1.42 bits per heavy atom. The number of hydrogen-bond acceptors (Lipinski definition) is 10. The molecule has 0 radical (unpaired) electrons. The average Bonchev–Trinajstić information content (AvgIpc) is 3.29. The quantitative estimate of drug-likeness (QED) is 0.196. The van der Waals surface area contributed by atoms with Crippen LogP contribution in [0.4, 0.5) is 0 Å². The largest absolute Gasteiger partial charge is 0.457 e. The lowest BCUT2D eigenvalue weighted by molar-refractivity contribution is -0.137. The van der Waals surface area contributed by atoms with Crippen LogP contribution in [0.3, 0.4) is 0 Å². The molecule has 0 spiro atoms. The first-order chi connectivity index (χ1) is 14.8. The van der Waals surface area contributed by atoms with Gasteiger partial charge in [0.05, 0.1) is 9.16 Å². The Morgan fingerprint density at radius 3 is 1.90 bits per heavy atom. The van der Waals surface area contributed by atoms with Gasteiger partial charge >= 0.3 is 11.9 Å². The second kappa shape index (κ2) is 14.3. The summed E-state index contributed by atoms with van der Waals surface area (Å²) in [6.45, 7) is 14.0. The Hall–Kier alpha value is -0.000000000000000222.